The highest BCUT2D eigenvalue weighted by molar-refractivity contribution is 7.89. The van der Waals surface area contributed by atoms with Crippen LogP contribution in [-0.2, 0) is 10.0 Å². The van der Waals surface area contributed by atoms with Gasteiger partial charge in [-0.05, 0) is 55.2 Å². The van der Waals surface area contributed by atoms with Crippen LogP contribution in [0.1, 0.15) is 48.0 Å². The lowest BCUT2D eigenvalue weighted by atomic mass is 9.96. The minimum atomic E-state index is -3.69. The molecule has 0 aliphatic heterocycles. The van der Waals surface area contributed by atoms with Gasteiger partial charge in [-0.3, -0.25) is 4.79 Å². The molecule has 0 spiro atoms. The number of amides is 1. The van der Waals surface area contributed by atoms with Crippen LogP contribution < -0.4 is 10.0 Å². The predicted molar refractivity (Wildman–Crippen MR) is 128 cm³/mol. The Balaban J connectivity index is 1.59. The summed E-state index contributed by atoms with van der Waals surface area (Å²) in [5.74, 6) is -0.341. The van der Waals surface area contributed by atoms with Gasteiger partial charge < -0.3 is 5.32 Å². The van der Waals surface area contributed by atoms with Crippen molar-refractivity contribution in [3.05, 3.63) is 83.9 Å². The van der Waals surface area contributed by atoms with Crippen LogP contribution in [0.25, 0.3) is 11.1 Å². The highest BCUT2D eigenvalue weighted by Crippen LogP contribution is 2.28. The standard InChI is InChI=1S/C26H28N2O3S/c1-19-16-21(18-23(17-19)32(30,31)28-22-12-6-3-7-13-22)26(29)27-25-15-9-8-14-24(25)20-10-4-2-5-11-20/h2,4-5,8-11,14-18,22,28H,3,6-7,12-13H2,1H3,(H,27,29). The second kappa shape index (κ2) is 9.67. The molecule has 166 valence electrons. The number of hydrogen-bond acceptors (Lipinski definition) is 3. The van der Waals surface area contributed by atoms with Gasteiger partial charge in [0.05, 0.1) is 4.90 Å². The summed E-state index contributed by atoms with van der Waals surface area (Å²) < 4.78 is 28.8. The molecule has 1 fully saturated rings. The molecule has 1 saturated carbocycles. The zero-order chi connectivity index (χ0) is 22.6. The molecule has 4 rings (SSSR count). The fourth-order valence-corrected chi connectivity index (χ4v) is 5.63. The zero-order valence-electron chi connectivity index (χ0n) is 18.2. The fraction of sp³-hybridized carbons (Fsp3) is 0.269. The van der Waals surface area contributed by atoms with Gasteiger partial charge in [0.25, 0.3) is 5.91 Å². The zero-order valence-corrected chi connectivity index (χ0v) is 19.0. The van der Waals surface area contributed by atoms with Crippen molar-refractivity contribution in [1.29, 1.82) is 0 Å². The van der Waals surface area contributed by atoms with Crippen molar-refractivity contribution in [3.8, 4) is 11.1 Å². The van der Waals surface area contributed by atoms with E-state index in [1.807, 2.05) is 54.6 Å². The van der Waals surface area contributed by atoms with Crippen LogP contribution in [0, 0.1) is 6.92 Å². The lowest BCUT2D eigenvalue weighted by molar-refractivity contribution is 0.102. The Kier molecular flexibility index (Phi) is 6.72. The van der Waals surface area contributed by atoms with Gasteiger partial charge >= 0.3 is 0 Å². The van der Waals surface area contributed by atoms with Gasteiger partial charge in [-0.15, -0.1) is 0 Å². The molecule has 0 heterocycles. The molecule has 0 radical (unpaired) electrons. The largest absolute Gasteiger partial charge is 0.321 e. The predicted octanol–water partition coefficient (Wildman–Crippen LogP) is 5.53. The van der Waals surface area contributed by atoms with Crippen LogP contribution >= 0.6 is 0 Å². The number of benzene rings is 3. The van der Waals surface area contributed by atoms with E-state index in [1.165, 1.54) is 6.07 Å². The summed E-state index contributed by atoms with van der Waals surface area (Å²) in [5.41, 5.74) is 3.61. The molecule has 0 aromatic heterocycles. The first kappa shape index (κ1) is 22.2. The normalized spacial score (nSPS) is 14.8. The molecule has 1 amide bonds. The first-order valence-corrected chi connectivity index (χ1v) is 12.5. The molecule has 6 heteroatoms. The summed E-state index contributed by atoms with van der Waals surface area (Å²) in [5, 5.41) is 2.96. The maximum absolute atomic E-state index is 13.1. The Hall–Kier alpha value is -2.96. The Bertz CT molecular complexity index is 1200. The highest BCUT2D eigenvalue weighted by Gasteiger charge is 2.23. The van der Waals surface area contributed by atoms with Crippen molar-refractivity contribution in [3.63, 3.8) is 0 Å². The fourth-order valence-electron chi connectivity index (χ4n) is 4.20. The van der Waals surface area contributed by atoms with Gasteiger partial charge in [0.1, 0.15) is 0 Å². The number of nitrogens with one attached hydrogen (secondary N) is 2. The van der Waals surface area contributed by atoms with E-state index in [2.05, 4.69) is 10.0 Å². The molecule has 2 N–H and O–H groups in total. The van der Waals surface area contributed by atoms with Gasteiger partial charge in [0, 0.05) is 22.9 Å². The van der Waals surface area contributed by atoms with Crippen molar-refractivity contribution < 1.29 is 13.2 Å². The Labute approximate surface area is 189 Å². The first-order valence-electron chi connectivity index (χ1n) is 11.0. The summed E-state index contributed by atoms with van der Waals surface area (Å²) in [7, 11) is -3.69. The van der Waals surface area contributed by atoms with Crippen LogP contribution in [-0.4, -0.2) is 20.4 Å². The number of aryl methyl sites for hydroxylation is 1. The van der Waals surface area contributed by atoms with Crippen LogP contribution in [0.5, 0.6) is 0 Å². The molecule has 1 aliphatic rings. The average molecular weight is 449 g/mol. The van der Waals surface area contributed by atoms with Gasteiger partial charge in [-0.2, -0.15) is 0 Å². The van der Waals surface area contributed by atoms with E-state index >= 15 is 0 Å². The van der Waals surface area contributed by atoms with Gasteiger partial charge in [-0.25, -0.2) is 13.1 Å². The number of rotatable bonds is 6. The number of para-hydroxylation sites is 1. The van der Waals surface area contributed by atoms with Crippen LogP contribution in [0.4, 0.5) is 5.69 Å². The summed E-state index contributed by atoms with van der Waals surface area (Å²) in [6.07, 6.45) is 4.94. The number of anilines is 1. The topological polar surface area (TPSA) is 75.3 Å². The van der Waals surface area contributed by atoms with Crippen LogP contribution in [0.2, 0.25) is 0 Å². The van der Waals surface area contributed by atoms with E-state index in [1.54, 1.807) is 19.1 Å². The molecular weight excluding hydrogens is 420 g/mol. The third-order valence-electron chi connectivity index (χ3n) is 5.81. The lowest BCUT2D eigenvalue weighted by Gasteiger charge is -2.22. The molecular formula is C26H28N2O3S. The quantitative estimate of drug-likeness (QED) is 0.521. The highest BCUT2D eigenvalue weighted by atomic mass is 32.2. The van der Waals surface area contributed by atoms with Crippen molar-refractivity contribution in [2.24, 2.45) is 0 Å². The number of carbonyl (C=O) groups excluding carboxylic acids is 1. The van der Waals surface area contributed by atoms with E-state index < -0.39 is 10.0 Å². The smallest absolute Gasteiger partial charge is 0.255 e. The van der Waals surface area contributed by atoms with Gasteiger partial charge in [-0.1, -0.05) is 67.8 Å². The second-order valence-electron chi connectivity index (χ2n) is 8.36. The first-order chi connectivity index (χ1) is 15.4. The minimum Gasteiger partial charge on any atom is -0.321 e. The molecule has 0 unspecified atom stereocenters. The Morgan fingerprint density at radius 3 is 2.31 bits per heavy atom. The van der Waals surface area contributed by atoms with E-state index in [0.29, 0.717) is 11.3 Å². The van der Waals surface area contributed by atoms with E-state index in [4.69, 9.17) is 0 Å². The molecule has 0 bridgehead atoms. The van der Waals surface area contributed by atoms with E-state index in [-0.39, 0.29) is 16.8 Å². The molecule has 3 aromatic carbocycles. The third-order valence-corrected chi connectivity index (χ3v) is 7.31. The average Bonchev–Trinajstić information content (AvgIpc) is 2.80. The molecule has 0 saturated heterocycles. The van der Waals surface area contributed by atoms with Gasteiger partial charge in [0.2, 0.25) is 10.0 Å². The van der Waals surface area contributed by atoms with Crippen molar-refractivity contribution >= 4 is 21.6 Å². The summed E-state index contributed by atoms with van der Waals surface area (Å²) in [6.45, 7) is 1.80. The van der Waals surface area contributed by atoms with E-state index in [9.17, 15) is 13.2 Å². The lowest BCUT2D eigenvalue weighted by Crippen LogP contribution is -2.36. The Morgan fingerprint density at radius 2 is 1.56 bits per heavy atom. The van der Waals surface area contributed by atoms with E-state index in [0.717, 1.165) is 48.8 Å². The van der Waals surface area contributed by atoms with Crippen LogP contribution in [0.3, 0.4) is 0 Å². The van der Waals surface area contributed by atoms with Crippen LogP contribution in [0.15, 0.2) is 77.7 Å². The summed E-state index contributed by atoms with van der Waals surface area (Å²) >= 11 is 0. The number of carbonyl (C=O) groups is 1. The maximum atomic E-state index is 13.1. The maximum Gasteiger partial charge on any atom is 0.255 e. The summed E-state index contributed by atoms with van der Waals surface area (Å²) in [4.78, 5) is 13.2. The molecule has 5 nitrogen and oxygen atoms in total. The van der Waals surface area contributed by atoms with Crippen molar-refractivity contribution in [2.75, 3.05) is 5.32 Å². The van der Waals surface area contributed by atoms with Crippen molar-refractivity contribution in [2.45, 2.75) is 50.0 Å². The molecule has 3 aromatic rings. The van der Waals surface area contributed by atoms with Gasteiger partial charge in [0.15, 0.2) is 0 Å². The molecule has 1 aliphatic carbocycles. The Morgan fingerprint density at radius 1 is 0.875 bits per heavy atom. The number of sulfonamides is 1. The number of hydrogen-bond donors (Lipinski definition) is 2. The minimum absolute atomic E-state index is 0.0377. The second-order valence-corrected chi connectivity index (χ2v) is 10.1. The summed E-state index contributed by atoms with van der Waals surface area (Å²) in [6, 6.07) is 22.1. The molecule has 32 heavy (non-hydrogen) atoms. The SMILES string of the molecule is Cc1cc(C(=O)Nc2ccccc2-c2ccccc2)cc(S(=O)(=O)NC2CCCCC2)c1. The van der Waals surface area contributed by atoms with Crippen molar-refractivity contribution in [1.82, 2.24) is 4.72 Å². The third kappa shape index (κ3) is 5.26. The molecule has 0 atom stereocenters. The monoisotopic (exact) mass is 448 g/mol.